The minimum Gasteiger partial charge on any atom is -0.481 e. The highest BCUT2D eigenvalue weighted by Gasteiger charge is 2.41. The fourth-order valence-corrected chi connectivity index (χ4v) is 1.11. The summed E-state index contributed by atoms with van der Waals surface area (Å²) >= 11 is 0. The molecule has 0 radical (unpaired) electrons. The fraction of sp³-hybridized carbons (Fsp3) is 0.500. The number of rotatable bonds is 2. The second kappa shape index (κ2) is 2.80. The predicted molar refractivity (Wildman–Crippen MR) is 35.3 cm³/mol. The molecular formula is C6H7NO5. The van der Waals surface area contributed by atoms with E-state index >= 15 is 0 Å². The van der Waals surface area contributed by atoms with Gasteiger partial charge in [0, 0.05) is 6.42 Å². The summed E-state index contributed by atoms with van der Waals surface area (Å²) in [6.45, 7) is 0. The lowest BCUT2D eigenvalue weighted by Crippen LogP contribution is -2.39. The maximum atomic E-state index is 10.6. The first-order valence-corrected chi connectivity index (χ1v) is 3.27. The Labute approximate surface area is 67.2 Å². The van der Waals surface area contributed by atoms with Crippen molar-refractivity contribution >= 4 is 17.8 Å². The second-order valence-electron chi connectivity index (χ2n) is 2.53. The van der Waals surface area contributed by atoms with Crippen LogP contribution in [0.1, 0.15) is 6.42 Å². The number of carboxylic acids is 2. The molecule has 0 aromatic heterocycles. The summed E-state index contributed by atoms with van der Waals surface area (Å²) in [5.41, 5.74) is 0. The number of aliphatic carboxylic acids is 2. The monoisotopic (exact) mass is 173 g/mol. The van der Waals surface area contributed by atoms with Gasteiger partial charge < -0.3 is 15.5 Å². The summed E-state index contributed by atoms with van der Waals surface area (Å²) in [5, 5.41) is 19.0. The molecule has 0 unspecified atom stereocenters. The standard InChI is InChI=1S/C6H7NO5/c8-3-1-2(5(9)10)4(7-3)6(11)12/h2,4H,1H2,(H,7,8)(H,9,10)(H,11,12)/t2-,4-/m0/s1. The topological polar surface area (TPSA) is 104 Å². The molecule has 1 aliphatic rings. The van der Waals surface area contributed by atoms with Crippen molar-refractivity contribution in [2.24, 2.45) is 5.92 Å². The third-order valence-corrected chi connectivity index (χ3v) is 1.71. The zero-order chi connectivity index (χ0) is 9.30. The third kappa shape index (κ3) is 1.36. The maximum absolute atomic E-state index is 10.6. The quantitative estimate of drug-likeness (QED) is 0.479. The van der Waals surface area contributed by atoms with E-state index in [2.05, 4.69) is 5.32 Å². The molecule has 1 fully saturated rings. The molecule has 2 atom stereocenters. The van der Waals surface area contributed by atoms with E-state index in [0.717, 1.165) is 0 Å². The first-order valence-electron chi connectivity index (χ1n) is 3.27. The van der Waals surface area contributed by atoms with Gasteiger partial charge in [0.15, 0.2) is 0 Å². The molecule has 0 saturated carbocycles. The van der Waals surface area contributed by atoms with Crippen molar-refractivity contribution in [1.82, 2.24) is 5.32 Å². The summed E-state index contributed by atoms with van der Waals surface area (Å²) in [6, 6.07) is -1.28. The summed E-state index contributed by atoms with van der Waals surface area (Å²) < 4.78 is 0. The summed E-state index contributed by atoms with van der Waals surface area (Å²) in [7, 11) is 0. The zero-order valence-corrected chi connectivity index (χ0v) is 5.98. The van der Waals surface area contributed by atoms with E-state index in [-0.39, 0.29) is 6.42 Å². The van der Waals surface area contributed by atoms with Crippen LogP contribution in [0.5, 0.6) is 0 Å². The average Bonchev–Trinajstić information content (AvgIpc) is 2.31. The Morgan fingerprint density at radius 2 is 1.92 bits per heavy atom. The van der Waals surface area contributed by atoms with Crippen molar-refractivity contribution < 1.29 is 24.6 Å². The van der Waals surface area contributed by atoms with Crippen LogP contribution in [0.4, 0.5) is 0 Å². The third-order valence-electron chi connectivity index (χ3n) is 1.71. The molecule has 1 heterocycles. The summed E-state index contributed by atoms with van der Waals surface area (Å²) in [4.78, 5) is 31.4. The maximum Gasteiger partial charge on any atom is 0.327 e. The van der Waals surface area contributed by atoms with E-state index in [0.29, 0.717) is 0 Å². The first kappa shape index (κ1) is 8.51. The molecule has 0 aromatic rings. The molecule has 66 valence electrons. The van der Waals surface area contributed by atoms with Crippen LogP contribution in [0, 0.1) is 5.92 Å². The van der Waals surface area contributed by atoms with Gasteiger partial charge in [0.1, 0.15) is 6.04 Å². The van der Waals surface area contributed by atoms with Gasteiger partial charge in [0.2, 0.25) is 5.91 Å². The van der Waals surface area contributed by atoms with Crippen molar-refractivity contribution in [3.8, 4) is 0 Å². The zero-order valence-electron chi connectivity index (χ0n) is 5.98. The minimum atomic E-state index is -1.31. The van der Waals surface area contributed by atoms with E-state index in [1.165, 1.54) is 0 Å². The van der Waals surface area contributed by atoms with E-state index in [1.54, 1.807) is 0 Å². The molecule has 6 nitrogen and oxygen atoms in total. The Morgan fingerprint density at radius 1 is 1.33 bits per heavy atom. The van der Waals surface area contributed by atoms with Crippen LogP contribution in [-0.4, -0.2) is 34.1 Å². The van der Waals surface area contributed by atoms with Gasteiger partial charge in [-0.15, -0.1) is 0 Å². The lowest BCUT2D eigenvalue weighted by molar-refractivity contribution is -0.149. The molecule has 1 saturated heterocycles. The number of carbonyl (C=O) groups is 3. The summed E-state index contributed by atoms with van der Waals surface area (Å²) in [6.07, 6.45) is -0.258. The van der Waals surface area contributed by atoms with Gasteiger partial charge in [-0.1, -0.05) is 0 Å². The van der Waals surface area contributed by atoms with E-state index in [1.807, 2.05) is 0 Å². The smallest absolute Gasteiger partial charge is 0.327 e. The van der Waals surface area contributed by atoms with Gasteiger partial charge >= 0.3 is 11.9 Å². The van der Waals surface area contributed by atoms with Crippen LogP contribution < -0.4 is 5.32 Å². The highest BCUT2D eigenvalue weighted by atomic mass is 16.4. The number of carboxylic acid groups (broad SMARTS) is 2. The van der Waals surface area contributed by atoms with Crippen molar-refractivity contribution in [2.75, 3.05) is 0 Å². The van der Waals surface area contributed by atoms with Crippen molar-refractivity contribution in [3.63, 3.8) is 0 Å². The fourth-order valence-electron chi connectivity index (χ4n) is 1.11. The van der Waals surface area contributed by atoms with Gasteiger partial charge in [-0.3, -0.25) is 9.59 Å². The van der Waals surface area contributed by atoms with Gasteiger partial charge in [-0.2, -0.15) is 0 Å². The Hall–Kier alpha value is -1.59. The molecule has 0 spiro atoms. The highest BCUT2D eigenvalue weighted by molar-refractivity contribution is 5.94. The largest absolute Gasteiger partial charge is 0.481 e. The van der Waals surface area contributed by atoms with Crippen LogP contribution in [0.3, 0.4) is 0 Å². The number of amides is 1. The van der Waals surface area contributed by atoms with Crippen LogP contribution in [0.15, 0.2) is 0 Å². The van der Waals surface area contributed by atoms with Crippen molar-refractivity contribution in [1.29, 1.82) is 0 Å². The lowest BCUT2D eigenvalue weighted by atomic mass is 10.0. The predicted octanol–water partition coefficient (Wildman–Crippen LogP) is -1.34. The molecule has 1 rings (SSSR count). The number of hydrogen-bond donors (Lipinski definition) is 3. The van der Waals surface area contributed by atoms with Gasteiger partial charge in [-0.05, 0) is 0 Å². The van der Waals surface area contributed by atoms with Crippen LogP contribution in [0.2, 0.25) is 0 Å². The minimum absolute atomic E-state index is 0.258. The Bertz CT molecular complexity index is 224. The van der Waals surface area contributed by atoms with Gasteiger partial charge in [0.25, 0.3) is 0 Å². The van der Waals surface area contributed by atoms with Crippen LogP contribution in [-0.2, 0) is 14.4 Å². The number of hydrogen-bond acceptors (Lipinski definition) is 3. The molecule has 3 N–H and O–H groups in total. The number of carbonyl (C=O) groups excluding carboxylic acids is 1. The molecule has 1 amide bonds. The van der Waals surface area contributed by atoms with Gasteiger partial charge in [0.05, 0.1) is 5.92 Å². The molecule has 6 heteroatoms. The van der Waals surface area contributed by atoms with Crippen molar-refractivity contribution in [3.05, 3.63) is 0 Å². The van der Waals surface area contributed by atoms with Crippen LogP contribution >= 0.6 is 0 Å². The Balaban J connectivity index is 2.79. The SMILES string of the molecule is O=C1C[C@H](C(=O)O)[C@@H](C(=O)O)N1. The Kier molecular flexibility index (Phi) is 1.99. The molecule has 0 bridgehead atoms. The van der Waals surface area contributed by atoms with E-state index in [9.17, 15) is 14.4 Å². The van der Waals surface area contributed by atoms with Crippen molar-refractivity contribution in [2.45, 2.75) is 12.5 Å². The lowest BCUT2D eigenvalue weighted by Gasteiger charge is -2.08. The van der Waals surface area contributed by atoms with E-state index in [4.69, 9.17) is 10.2 Å². The van der Waals surface area contributed by atoms with E-state index < -0.39 is 29.8 Å². The molecule has 12 heavy (non-hydrogen) atoms. The molecule has 0 aliphatic carbocycles. The number of nitrogens with one attached hydrogen (secondary N) is 1. The molecule has 0 aromatic carbocycles. The first-order chi connectivity index (χ1) is 5.52. The van der Waals surface area contributed by atoms with Crippen LogP contribution in [0.25, 0.3) is 0 Å². The summed E-state index contributed by atoms with van der Waals surface area (Å²) in [5.74, 6) is -4.25. The molecule has 1 aliphatic heterocycles. The molecular weight excluding hydrogens is 166 g/mol. The highest BCUT2D eigenvalue weighted by Crippen LogP contribution is 2.16. The Morgan fingerprint density at radius 3 is 2.25 bits per heavy atom. The van der Waals surface area contributed by atoms with Gasteiger partial charge in [-0.25, -0.2) is 4.79 Å². The second-order valence-corrected chi connectivity index (χ2v) is 2.53. The normalized spacial score (nSPS) is 28.2. The average molecular weight is 173 g/mol.